The minimum atomic E-state index is -3.24. The molecular weight excluding hydrogens is 356 g/mol. The van der Waals surface area contributed by atoms with E-state index < -0.39 is 21.9 Å². The SMILES string of the molecule is COc1ccc(CCC(=O)N2CCN(C(C)=O)[C@H]3CS(=O)(=O)C[C@H]32)cc1. The summed E-state index contributed by atoms with van der Waals surface area (Å²) in [6, 6.07) is 6.69. The first-order valence-electron chi connectivity index (χ1n) is 8.71. The molecule has 1 aromatic rings. The lowest BCUT2D eigenvalue weighted by molar-refractivity contribution is -0.144. The van der Waals surface area contributed by atoms with Crippen LogP contribution in [0.15, 0.2) is 24.3 Å². The Kier molecular flexibility index (Phi) is 5.22. The van der Waals surface area contributed by atoms with Gasteiger partial charge in [-0.25, -0.2) is 8.42 Å². The zero-order valence-electron chi connectivity index (χ0n) is 15.1. The normalized spacial score (nSPS) is 24.2. The average molecular weight is 380 g/mol. The Bertz CT molecular complexity index is 790. The number of hydrogen-bond donors (Lipinski definition) is 0. The van der Waals surface area contributed by atoms with E-state index in [0.717, 1.165) is 11.3 Å². The third kappa shape index (κ3) is 3.85. The minimum absolute atomic E-state index is 0.0560. The number of aryl methyl sites for hydroxylation is 1. The maximum atomic E-state index is 12.7. The van der Waals surface area contributed by atoms with Crippen LogP contribution in [0.1, 0.15) is 18.9 Å². The molecule has 2 amide bonds. The van der Waals surface area contributed by atoms with Crippen LogP contribution in [0.3, 0.4) is 0 Å². The first-order valence-corrected chi connectivity index (χ1v) is 10.5. The molecular formula is C18H24N2O5S. The second-order valence-electron chi connectivity index (χ2n) is 6.86. The van der Waals surface area contributed by atoms with E-state index in [9.17, 15) is 18.0 Å². The van der Waals surface area contributed by atoms with Gasteiger partial charge >= 0.3 is 0 Å². The number of amides is 2. The molecule has 2 saturated heterocycles. The van der Waals surface area contributed by atoms with Crippen molar-refractivity contribution < 1.29 is 22.7 Å². The average Bonchev–Trinajstić information content (AvgIpc) is 2.93. The molecule has 0 N–H and O–H groups in total. The van der Waals surface area contributed by atoms with E-state index in [0.29, 0.717) is 25.9 Å². The molecule has 0 spiro atoms. The number of carbonyl (C=O) groups excluding carboxylic acids is 2. The highest BCUT2D eigenvalue weighted by Gasteiger charge is 2.48. The van der Waals surface area contributed by atoms with Crippen LogP contribution in [-0.4, -0.2) is 73.8 Å². The van der Waals surface area contributed by atoms with Crippen LogP contribution in [0.25, 0.3) is 0 Å². The fraction of sp³-hybridized carbons (Fsp3) is 0.556. The third-order valence-electron chi connectivity index (χ3n) is 5.19. The number of fused-ring (bicyclic) bond motifs is 1. The van der Waals surface area contributed by atoms with Crippen molar-refractivity contribution in [3.8, 4) is 5.75 Å². The molecule has 1 aromatic carbocycles. The highest BCUT2D eigenvalue weighted by Crippen LogP contribution is 2.28. The molecule has 0 aromatic heterocycles. The van der Waals surface area contributed by atoms with Crippen LogP contribution in [0, 0.1) is 0 Å². The number of sulfone groups is 1. The Morgan fingerprint density at radius 2 is 1.65 bits per heavy atom. The molecule has 2 heterocycles. The number of nitrogens with zero attached hydrogens (tertiary/aromatic N) is 2. The van der Waals surface area contributed by atoms with Crippen molar-refractivity contribution in [2.24, 2.45) is 0 Å². The highest BCUT2D eigenvalue weighted by atomic mass is 32.2. The predicted octanol–water partition coefficient (Wildman–Crippen LogP) is 0.484. The van der Waals surface area contributed by atoms with Gasteiger partial charge in [0.25, 0.3) is 0 Å². The topological polar surface area (TPSA) is 84.0 Å². The van der Waals surface area contributed by atoms with Gasteiger partial charge in [0.1, 0.15) is 5.75 Å². The van der Waals surface area contributed by atoms with Gasteiger partial charge in [-0.3, -0.25) is 9.59 Å². The summed E-state index contributed by atoms with van der Waals surface area (Å²) in [6.07, 6.45) is 0.898. The number of piperazine rings is 1. The first-order chi connectivity index (χ1) is 12.3. The Labute approximate surface area is 153 Å². The molecule has 2 aliphatic heterocycles. The summed E-state index contributed by atoms with van der Waals surface area (Å²) < 4.78 is 29.3. The standard InChI is InChI=1S/C18H24N2O5S/c1-13(21)19-9-10-20(17-12-26(23,24)11-16(17)19)18(22)8-5-14-3-6-15(25-2)7-4-14/h3-4,6-7,16-17H,5,8-12H2,1-2H3/t16-,17+/m0/s1. The molecule has 7 nitrogen and oxygen atoms in total. The van der Waals surface area contributed by atoms with Crippen LogP contribution < -0.4 is 4.74 Å². The van der Waals surface area contributed by atoms with E-state index in [-0.39, 0.29) is 23.3 Å². The van der Waals surface area contributed by atoms with Gasteiger partial charge in [-0.15, -0.1) is 0 Å². The number of hydrogen-bond acceptors (Lipinski definition) is 5. The van der Waals surface area contributed by atoms with Crippen molar-refractivity contribution in [1.29, 1.82) is 0 Å². The maximum Gasteiger partial charge on any atom is 0.223 e. The van der Waals surface area contributed by atoms with Crippen molar-refractivity contribution >= 4 is 21.7 Å². The van der Waals surface area contributed by atoms with E-state index in [2.05, 4.69) is 0 Å². The summed E-state index contributed by atoms with van der Waals surface area (Å²) >= 11 is 0. The first kappa shape index (κ1) is 18.7. The van der Waals surface area contributed by atoms with E-state index in [1.165, 1.54) is 6.92 Å². The van der Waals surface area contributed by atoms with Gasteiger partial charge in [-0.1, -0.05) is 12.1 Å². The van der Waals surface area contributed by atoms with Crippen molar-refractivity contribution in [3.63, 3.8) is 0 Å². The van der Waals surface area contributed by atoms with Crippen molar-refractivity contribution in [2.75, 3.05) is 31.7 Å². The molecule has 2 atom stereocenters. The number of methoxy groups -OCH3 is 1. The van der Waals surface area contributed by atoms with Crippen LogP contribution in [0.4, 0.5) is 0 Å². The van der Waals surface area contributed by atoms with Gasteiger partial charge in [0.05, 0.1) is 30.7 Å². The Balaban J connectivity index is 1.67. The van der Waals surface area contributed by atoms with Gasteiger partial charge in [0.2, 0.25) is 11.8 Å². The van der Waals surface area contributed by atoms with Gasteiger partial charge in [0, 0.05) is 26.4 Å². The van der Waals surface area contributed by atoms with Crippen molar-refractivity contribution in [1.82, 2.24) is 9.80 Å². The van der Waals surface area contributed by atoms with Crippen molar-refractivity contribution in [2.45, 2.75) is 31.8 Å². The molecule has 2 fully saturated rings. The molecule has 0 radical (unpaired) electrons. The van der Waals surface area contributed by atoms with Crippen LogP contribution in [0.5, 0.6) is 5.75 Å². The molecule has 0 unspecified atom stereocenters. The van der Waals surface area contributed by atoms with E-state index in [1.807, 2.05) is 24.3 Å². The second-order valence-corrected chi connectivity index (χ2v) is 9.01. The molecule has 3 rings (SSSR count). The summed E-state index contributed by atoms with van der Waals surface area (Å²) in [5.74, 6) is 0.452. The zero-order valence-corrected chi connectivity index (χ0v) is 15.9. The lowest BCUT2D eigenvalue weighted by Crippen LogP contribution is -2.61. The molecule has 26 heavy (non-hydrogen) atoms. The second kappa shape index (κ2) is 7.26. The smallest absolute Gasteiger partial charge is 0.223 e. The highest BCUT2D eigenvalue weighted by molar-refractivity contribution is 7.91. The lowest BCUT2D eigenvalue weighted by atomic mass is 10.0. The summed E-state index contributed by atoms with van der Waals surface area (Å²) in [4.78, 5) is 27.8. The zero-order chi connectivity index (χ0) is 18.9. The molecule has 0 bridgehead atoms. The number of carbonyl (C=O) groups is 2. The molecule has 8 heteroatoms. The van der Waals surface area contributed by atoms with E-state index in [4.69, 9.17) is 4.74 Å². The number of rotatable bonds is 4. The largest absolute Gasteiger partial charge is 0.497 e. The molecule has 0 aliphatic carbocycles. The van der Waals surface area contributed by atoms with E-state index in [1.54, 1.807) is 16.9 Å². The Hall–Kier alpha value is -2.09. The van der Waals surface area contributed by atoms with E-state index >= 15 is 0 Å². The Morgan fingerprint density at radius 3 is 2.23 bits per heavy atom. The third-order valence-corrected chi connectivity index (χ3v) is 6.89. The number of ether oxygens (including phenoxy) is 1. The Morgan fingerprint density at radius 1 is 1.08 bits per heavy atom. The van der Waals surface area contributed by atoms with Crippen LogP contribution in [-0.2, 0) is 25.8 Å². The fourth-order valence-corrected chi connectivity index (χ4v) is 5.82. The van der Waals surface area contributed by atoms with Gasteiger partial charge in [-0.05, 0) is 24.1 Å². The number of benzene rings is 1. The summed E-state index contributed by atoms with van der Waals surface area (Å²) in [6.45, 7) is 2.22. The monoisotopic (exact) mass is 380 g/mol. The van der Waals surface area contributed by atoms with Gasteiger partial charge < -0.3 is 14.5 Å². The molecule has 2 aliphatic rings. The fourth-order valence-electron chi connectivity index (χ4n) is 3.84. The van der Waals surface area contributed by atoms with Crippen LogP contribution in [0.2, 0.25) is 0 Å². The minimum Gasteiger partial charge on any atom is -0.497 e. The maximum absolute atomic E-state index is 12.7. The van der Waals surface area contributed by atoms with Crippen LogP contribution >= 0.6 is 0 Å². The van der Waals surface area contributed by atoms with Gasteiger partial charge in [0.15, 0.2) is 9.84 Å². The predicted molar refractivity (Wildman–Crippen MR) is 96.6 cm³/mol. The summed E-state index contributed by atoms with van der Waals surface area (Å²) in [5.41, 5.74) is 1.03. The molecule has 0 saturated carbocycles. The molecule has 142 valence electrons. The summed E-state index contributed by atoms with van der Waals surface area (Å²) in [5, 5.41) is 0. The van der Waals surface area contributed by atoms with Crippen molar-refractivity contribution in [3.05, 3.63) is 29.8 Å². The summed E-state index contributed by atoms with van der Waals surface area (Å²) in [7, 11) is -1.64. The van der Waals surface area contributed by atoms with Gasteiger partial charge in [-0.2, -0.15) is 0 Å². The quantitative estimate of drug-likeness (QED) is 0.759. The lowest BCUT2D eigenvalue weighted by Gasteiger charge is -2.43.